The summed E-state index contributed by atoms with van der Waals surface area (Å²) < 4.78 is 0. The van der Waals surface area contributed by atoms with Crippen molar-refractivity contribution >= 4 is 22.8 Å². The second kappa shape index (κ2) is 4.75. The van der Waals surface area contributed by atoms with Gasteiger partial charge in [-0.15, -0.1) is 11.3 Å². The first kappa shape index (κ1) is 11.9. The van der Waals surface area contributed by atoms with E-state index in [1.54, 1.807) is 23.6 Å². The molecule has 0 saturated carbocycles. The Hall–Kier alpha value is -1.55. The van der Waals surface area contributed by atoms with Crippen LogP contribution in [0.25, 0.3) is 0 Å². The monoisotopic (exact) mass is 247 g/mol. The zero-order chi connectivity index (χ0) is 12.3. The molecule has 2 aromatic rings. The van der Waals surface area contributed by atoms with E-state index in [1.165, 1.54) is 4.88 Å². The van der Waals surface area contributed by atoms with Crippen molar-refractivity contribution in [2.45, 2.75) is 19.3 Å². The van der Waals surface area contributed by atoms with E-state index in [9.17, 15) is 0 Å². The van der Waals surface area contributed by atoms with Crippen LogP contribution >= 0.6 is 11.3 Å². The lowest BCUT2D eigenvalue weighted by Crippen LogP contribution is -2.26. The van der Waals surface area contributed by atoms with Crippen LogP contribution in [0.5, 0.6) is 0 Å². The molecule has 0 bridgehead atoms. The van der Waals surface area contributed by atoms with Gasteiger partial charge in [-0.25, -0.2) is 4.98 Å². The fourth-order valence-electron chi connectivity index (χ4n) is 1.58. The summed E-state index contributed by atoms with van der Waals surface area (Å²) in [5.74, 6) is 0.549. The van der Waals surface area contributed by atoms with Crippen LogP contribution in [0.3, 0.4) is 0 Å². The predicted molar refractivity (Wildman–Crippen MR) is 74.5 cm³/mol. The SMILES string of the molecule is CC(C)(CNc1ccc(N)nc1)c1cccs1. The molecule has 17 heavy (non-hydrogen) atoms. The molecule has 0 aliphatic carbocycles. The van der Waals surface area contributed by atoms with Gasteiger partial charge in [-0.1, -0.05) is 19.9 Å². The Labute approximate surface area is 106 Å². The second-order valence-corrected chi connectivity index (χ2v) is 5.63. The minimum absolute atomic E-state index is 0.121. The predicted octanol–water partition coefficient (Wildman–Crippen LogP) is 3.12. The molecule has 2 aromatic heterocycles. The smallest absolute Gasteiger partial charge is 0.123 e. The lowest BCUT2D eigenvalue weighted by Gasteiger charge is -2.24. The third kappa shape index (κ3) is 2.97. The first-order valence-electron chi connectivity index (χ1n) is 5.57. The Morgan fingerprint density at radius 3 is 2.76 bits per heavy atom. The summed E-state index contributed by atoms with van der Waals surface area (Å²) in [7, 11) is 0. The lowest BCUT2D eigenvalue weighted by atomic mass is 9.91. The fourth-order valence-corrected chi connectivity index (χ4v) is 2.44. The van der Waals surface area contributed by atoms with Crippen LogP contribution in [0.15, 0.2) is 35.8 Å². The molecule has 0 aliphatic heterocycles. The van der Waals surface area contributed by atoms with E-state index >= 15 is 0 Å². The molecule has 0 radical (unpaired) electrons. The van der Waals surface area contributed by atoms with Crippen molar-refractivity contribution in [3.63, 3.8) is 0 Å². The van der Waals surface area contributed by atoms with Crippen molar-refractivity contribution in [1.82, 2.24) is 4.98 Å². The standard InChI is InChI=1S/C13H17N3S/c1-13(2,11-4-3-7-17-11)9-16-10-5-6-12(14)15-8-10/h3-8,16H,9H2,1-2H3,(H2,14,15). The Morgan fingerprint density at radius 2 is 2.18 bits per heavy atom. The number of nitrogens with zero attached hydrogens (tertiary/aromatic N) is 1. The van der Waals surface area contributed by atoms with E-state index in [-0.39, 0.29) is 5.41 Å². The highest BCUT2D eigenvalue weighted by Crippen LogP contribution is 2.27. The fraction of sp³-hybridized carbons (Fsp3) is 0.308. The van der Waals surface area contributed by atoms with Crippen LogP contribution < -0.4 is 11.1 Å². The highest BCUT2D eigenvalue weighted by atomic mass is 32.1. The van der Waals surface area contributed by atoms with Crippen molar-refractivity contribution in [1.29, 1.82) is 0 Å². The summed E-state index contributed by atoms with van der Waals surface area (Å²) in [6, 6.07) is 8.02. The Morgan fingerprint density at radius 1 is 1.35 bits per heavy atom. The normalized spacial score (nSPS) is 11.4. The molecule has 0 amide bonds. The maximum atomic E-state index is 5.55. The molecule has 0 unspecified atom stereocenters. The topological polar surface area (TPSA) is 50.9 Å². The first-order chi connectivity index (χ1) is 8.08. The van der Waals surface area contributed by atoms with E-state index in [0.29, 0.717) is 5.82 Å². The summed E-state index contributed by atoms with van der Waals surface area (Å²) in [4.78, 5) is 5.44. The molecule has 0 aliphatic rings. The van der Waals surface area contributed by atoms with Crippen LogP contribution in [-0.4, -0.2) is 11.5 Å². The molecule has 0 spiro atoms. The van der Waals surface area contributed by atoms with Crippen LogP contribution in [0, 0.1) is 0 Å². The van der Waals surface area contributed by atoms with Gasteiger partial charge in [0.1, 0.15) is 5.82 Å². The molecule has 0 atom stereocenters. The lowest BCUT2D eigenvalue weighted by molar-refractivity contribution is 0.569. The third-order valence-electron chi connectivity index (χ3n) is 2.71. The quantitative estimate of drug-likeness (QED) is 0.872. The summed E-state index contributed by atoms with van der Waals surface area (Å²) >= 11 is 1.79. The summed E-state index contributed by atoms with van der Waals surface area (Å²) in [6.45, 7) is 5.34. The minimum Gasteiger partial charge on any atom is -0.384 e. The van der Waals surface area contributed by atoms with Crippen molar-refractivity contribution in [2.75, 3.05) is 17.6 Å². The van der Waals surface area contributed by atoms with Crippen LogP contribution in [0.2, 0.25) is 0 Å². The summed E-state index contributed by atoms with van der Waals surface area (Å²) in [6.07, 6.45) is 1.76. The number of rotatable bonds is 4. The van der Waals surface area contributed by atoms with E-state index in [1.807, 2.05) is 6.07 Å². The Balaban J connectivity index is 2.00. The van der Waals surface area contributed by atoms with Gasteiger partial charge in [0.2, 0.25) is 0 Å². The average molecular weight is 247 g/mol. The zero-order valence-corrected chi connectivity index (χ0v) is 10.9. The molecule has 0 saturated heterocycles. The van der Waals surface area contributed by atoms with E-state index in [0.717, 1.165) is 12.2 Å². The molecule has 0 aromatic carbocycles. The maximum absolute atomic E-state index is 5.55. The molecule has 3 N–H and O–H groups in total. The first-order valence-corrected chi connectivity index (χ1v) is 6.45. The van der Waals surface area contributed by atoms with Gasteiger partial charge >= 0.3 is 0 Å². The van der Waals surface area contributed by atoms with Gasteiger partial charge in [-0.3, -0.25) is 0 Å². The molecule has 4 heteroatoms. The molecule has 3 nitrogen and oxygen atoms in total. The van der Waals surface area contributed by atoms with Gasteiger partial charge < -0.3 is 11.1 Å². The van der Waals surface area contributed by atoms with E-state index in [4.69, 9.17) is 5.73 Å². The Kier molecular flexibility index (Phi) is 3.33. The van der Waals surface area contributed by atoms with Crippen molar-refractivity contribution in [3.8, 4) is 0 Å². The number of nitrogen functional groups attached to an aromatic ring is 1. The molecular formula is C13H17N3S. The maximum Gasteiger partial charge on any atom is 0.123 e. The third-order valence-corrected chi connectivity index (χ3v) is 3.94. The number of thiophene rings is 1. The van der Waals surface area contributed by atoms with Gasteiger partial charge in [0.15, 0.2) is 0 Å². The molecule has 90 valence electrons. The minimum atomic E-state index is 0.121. The zero-order valence-electron chi connectivity index (χ0n) is 10.1. The Bertz CT molecular complexity index is 460. The second-order valence-electron chi connectivity index (χ2n) is 4.69. The van der Waals surface area contributed by atoms with Crippen LogP contribution in [-0.2, 0) is 5.41 Å². The number of hydrogen-bond donors (Lipinski definition) is 2. The molecule has 2 rings (SSSR count). The number of hydrogen-bond acceptors (Lipinski definition) is 4. The van der Waals surface area contributed by atoms with Gasteiger partial charge in [-0.2, -0.15) is 0 Å². The van der Waals surface area contributed by atoms with Gasteiger partial charge in [-0.05, 0) is 23.6 Å². The number of nitrogens with two attached hydrogens (primary N) is 1. The van der Waals surface area contributed by atoms with Crippen molar-refractivity contribution in [2.24, 2.45) is 0 Å². The molecule has 2 heterocycles. The number of aromatic nitrogens is 1. The summed E-state index contributed by atoms with van der Waals surface area (Å²) in [5.41, 5.74) is 6.67. The van der Waals surface area contributed by atoms with Crippen molar-refractivity contribution < 1.29 is 0 Å². The highest BCUT2D eigenvalue weighted by Gasteiger charge is 2.21. The largest absolute Gasteiger partial charge is 0.384 e. The number of anilines is 2. The number of nitrogens with one attached hydrogen (secondary N) is 1. The van der Waals surface area contributed by atoms with Crippen LogP contribution in [0.1, 0.15) is 18.7 Å². The van der Waals surface area contributed by atoms with Gasteiger partial charge in [0.05, 0.1) is 11.9 Å². The van der Waals surface area contributed by atoms with E-state index in [2.05, 4.69) is 41.7 Å². The molecule has 0 fully saturated rings. The highest BCUT2D eigenvalue weighted by molar-refractivity contribution is 7.10. The summed E-state index contributed by atoms with van der Waals surface area (Å²) in [5, 5.41) is 5.50. The van der Waals surface area contributed by atoms with Crippen molar-refractivity contribution in [3.05, 3.63) is 40.7 Å². The van der Waals surface area contributed by atoms with E-state index < -0.39 is 0 Å². The average Bonchev–Trinajstić information content (AvgIpc) is 2.82. The van der Waals surface area contributed by atoms with Crippen LogP contribution in [0.4, 0.5) is 11.5 Å². The van der Waals surface area contributed by atoms with Gasteiger partial charge in [0, 0.05) is 16.8 Å². The van der Waals surface area contributed by atoms with Gasteiger partial charge in [0.25, 0.3) is 0 Å². The number of pyridine rings is 1. The molecular weight excluding hydrogens is 230 g/mol.